The molecule has 0 amide bonds. The Morgan fingerprint density at radius 1 is 0.764 bits per heavy atom. The molecule has 0 spiro atoms. The Balaban J connectivity index is 1.32. The minimum Gasteiger partial charge on any atom is -0.505 e. The maximum atomic E-state index is 13.6. The van der Waals surface area contributed by atoms with Crippen molar-refractivity contribution >= 4 is 101 Å². The fourth-order valence-electron chi connectivity index (χ4n) is 4.69. The van der Waals surface area contributed by atoms with E-state index < -0.39 is 48.6 Å². The molecule has 0 radical (unpaired) electrons. The minimum absolute atomic E-state index is 0.00180. The van der Waals surface area contributed by atoms with E-state index in [1.807, 2.05) is 0 Å². The van der Waals surface area contributed by atoms with Crippen molar-refractivity contribution in [2.75, 3.05) is 16.0 Å². The van der Waals surface area contributed by atoms with Crippen molar-refractivity contribution in [3.05, 3.63) is 90.1 Å². The molecule has 20 nitrogen and oxygen atoms in total. The summed E-state index contributed by atoms with van der Waals surface area (Å²) in [6, 6.07) is 14.9. The molecule has 0 saturated carbocycles. The van der Waals surface area contributed by atoms with Crippen LogP contribution in [-0.2, 0) is 29.6 Å². The van der Waals surface area contributed by atoms with Gasteiger partial charge < -0.3 is 21.1 Å². The molecule has 2 heterocycles. The molecule has 6 rings (SSSR count). The minimum atomic E-state index is -4.91. The first-order valence-corrected chi connectivity index (χ1v) is 18.5. The number of nitrogens with zero attached hydrogens (tertiary/aromatic N) is 7. The van der Waals surface area contributed by atoms with Gasteiger partial charge in [-0.25, -0.2) is 5.26 Å². The largest absolute Gasteiger partial charge is 0.505 e. The molecule has 0 fully saturated rings. The highest BCUT2D eigenvalue weighted by atomic mass is 35.5. The number of aromatic nitrogens is 5. The van der Waals surface area contributed by atoms with Gasteiger partial charge >= 0.3 is 6.08 Å². The number of aromatic hydroxyl groups is 1. The maximum Gasteiger partial charge on any atom is 0.313 e. The first-order valence-electron chi connectivity index (χ1n) is 14.5. The smallest absolute Gasteiger partial charge is 0.313 e. The fourth-order valence-corrected chi connectivity index (χ4v) is 6.48. The summed E-state index contributed by atoms with van der Waals surface area (Å²) < 4.78 is 98.1. The first-order chi connectivity index (χ1) is 26.0. The van der Waals surface area contributed by atoms with Crippen molar-refractivity contribution in [1.29, 1.82) is 0 Å². The molecular weight excluding hydrogens is 818 g/mol. The van der Waals surface area contributed by atoms with Crippen LogP contribution in [0.2, 0.25) is 5.28 Å². The van der Waals surface area contributed by atoms with Crippen LogP contribution in [0.5, 0.6) is 5.75 Å². The number of anilines is 6. The molecule has 7 N–H and O–H groups in total. The van der Waals surface area contributed by atoms with Crippen LogP contribution in [0.15, 0.2) is 97.7 Å². The number of halogens is 3. The number of phenols is 1. The SMILES string of the molecule is O=S(=O)(O)c1cccc(Nc2nc(Cl)nc(Nc3ccc4c(O)c(N=Nc5cc(Nc6cc(F)nc(F)n6)ccc5S(=O)(=O)O)c(SOOO)cc4c3)n2)c1. The summed E-state index contributed by atoms with van der Waals surface area (Å²) in [6.45, 7) is 0. The summed E-state index contributed by atoms with van der Waals surface area (Å²) in [5, 5.41) is 40.1. The zero-order valence-corrected chi connectivity index (χ0v) is 29.9. The van der Waals surface area contributed by atoms with E-state index in [4.69, 9.17) is 16.9 Å². The highest BCUT2D eigenvalue weighted by molar-refractivity contribution is 7.94. The summed E-state index contributed by atoms with van der Waals surface area (Å²) in [7, 11) is -9.40. The van der Waals surface area contributed by atoms with Crippen LogP contribution in [0.25, 0.3) is 10.8 Å². The van der Waals surface area contributed by atoms with E-state index in [-0.39, 0.29) is 55.2 Å². The Kier molecular flexibility index (Phi) is 11.3. The monoisotopic (exact) mass is 836 g/mol. The van der Waals surface area contributed by atoms with E-state index >= 15 is 0 Å². The second-order valence-corrected chi connectivity index (χ2v) is 14.5. The number of benzene rings is 4. The Morgan fingerprint density at radius 2 is 1.45 bits per heavy atom. The third-order valence-electron chi connectivity index (χ3n) is 6.89. The summed E-state index contributed by atoms with van der Waals surface area (Å²) in [6.07, 6.45) is -1.38. The lowest BCUT2D eigenvalue weighted by atomic mass is 10.1. The standard InChI is InChI=1S/C29H19ClF2N10O10S3/c30-26-38-28(34-14-2-1-3-17(10-14)54(45,46)47)40-29(39-26)35-15-4-6-18-13(8-15)9-20(53-52-51-44)24(25(18)43)42-41-19-11-16(5-7-21(19)55(48,49)50)33-23-12-22(31)36-27(32)37-23/h1-12,43-44H,(H,33,36,37)(H,45,46,47)(H,48,49,50)(H2,34,35,38,39,40). The molecule has 0 aliphatic carbocycles. The molecule has 2 aromatic heterocycles. The predicted molar refractivity (Wildman–Crippen MR) is 190 cm³/mol. The average molecular weight is 837 g/mol. The third-order valence-corrected chi connectivity index (χ3v) is 9.43. The lowest BCUT2D eigenvalue weighted by Crippen LogP contribution is -2.05. The second-order valence-electron chi connectivity index (χ2n) is 10.6. The zero-order chi connectivity index (χ0) is 39.5. The van der Waals surface area contributed by atoms with E-state index in [9.17, 15) is 39.8 Å². The molecule has 0 aliphatic rings. The number of hydrogen-bond donors (Lipinski definition) is 7. The van der Waals surface area contributed by atoms with Crippen molar-refractivity contribution in [1.82, 2.24) is 24.9 Å². The molecule has 0 atom stereocenters. The van der Waals surface area contributed by atoms with Crippen LogP contribution in [0.4, 0.5) is 54.9 Å². The summed E-state index contributed by atoms with van der Waals surface area (Å²) >= 11 is 6.45. The fraction of sp³-hybridized carbons (Fsp3) is 0. The van der Waals surface area contributed by atoms with Crippen molar-refractivity contribution in [2.24, 2.45) is 10.2 Å². The first kappa shape index (κ1) is 38.9. The number of hydrogen-bond acceptors (Lipinski definition) is 19. The molecule has 0 bridgehead atoms. The van der Waals surface area contributed by atoms with Crippen LogP contribution >= 0.6 is 23.6 Å². The molecule has 0 aliphatic heterocycles. The Bertz CT molecular complexity index is 2700. The van der Waals surface area contributed by atoms with Gasteiger partial charge in [0.1, 0.15) is 22.1 Å². The maximum absolute atomic E-state index is 13.6. The Labute approximate surface area is 315 Å². The van der Waals surface area contributed by atoms with Gasteiger partial charge in [-0.2, -0.15) is 50.5 Å². The Hall–Kier alpha value is -5.77. The molecular formula is C29H19ClF2N10O10S3. The highest BCUT2D eigenvalue weighted by Gasteiger charge is 2.20. The Morgan fingerprint density at radius 3 is 2.13 bits per heavy atom. The van der Waals surface area contributed by atoms with Crippen molar-refractivity contribution in [3.63, 3.8) is 0 Å². The van der Waals surface area contributed by atoms with Gasteiger partial charge in [-0.1, -0.05) is 11.1 Å². The van der Waals surface area contributed by atoms with E-state index in [0.717, 1.165) is 30.3 Å². The molecule has 6 aromatic rings. The average Bonchev–Trinajstić information content (AvgIpc) is 3.09. The molecule has 26 heteroatoms. The lowest BCUT2D eigenvalue weighted by molar-refractivity contribution is -0.432. The topological polar surface area (TPSA) is 293 Å². The number of nitrogens with one attached hydrogen (secondary N) is 3. The van der Waals surface area contributed by atoms with Gasteiger partial charge in [-0.05, 0) is 77.7 Å². The molecule has 0 saturated heterocycles. The number of fused-ring (bicyclic) bond motifs is 1. The molecule has 0 unspecified atom stereocenters. The number of rotatable bonds is 13. The summed E-state index contributed by atoms with van der Waals surface area (Å²) in [5.41, 5.74) is -0.280. The van der Waals surface area contributed by atoms with Crippen LogP contribution < -0.4 is 16.0 Å². The van der Waals surface area contributed by atoms with Gasteiger partial charge in [0.05, 0.1) is 21.8 Å². The van der Waals surface area contributed by atoms with Gasteiger partial charge in [-0.15, -0.1) is 14.6 Å². The quantitative estimate of drug-likeness (QED) is 0.0117. The predicted octanol–water partition coefficient (Wildman–Crippen LogP) is 7.02. The van der Waals surface area contributed by atoms with Crippen molar-refractivity contribution in [3.8, 4) is 5.75 Å². The van der Waals surface area contributed by atoms with Crippen LogP contribution in [0.3, 0.4) is 0 Å². The number of azo groups is 1. The van der Waals surface area contributed by atoms with Crippen molar-refractivity contribution in [2.45, 2.75) is 14.7 Å². The summed E-state index contributed by atoms with van der Waals surface area (Å²) in [4.78, 5) is 17.3. The van der Waals surface area contributed by atoms with Gasteiger partial charge in [-0.3, -0.25) is 9.11 Å². The second kappa shape index (κ2) is 15.9. The highest BCUT2D eigenvalue weighted by Crippen LogP contribution is 2.45. The van der Waals surface area contributed by atoms with Crippen LogP contribution in [-0.4, -0.2) is 61.2 Å². The van der Waals surface area contributed by atoms with Crippen LogP contribution in [0.1, 0.15) is 0 Å². The molecule has 284 valence electrons. The molecule has 4 aromatic carbocycles. The van der Waals surface area contributed by atoms with Gasteiger partial charge in [0, 0.05) is 28.5 Å². The lowest BCUT2D eigenvalue weighted by Gasteiger charge is -2.12. The normalized spacial score (nSPS) is 12.0. The van der Waals surface area contributed by atoms with Crippen LogP contribution in [0, 0.1) is 12.0 Å². The van der Waals surface area contributed by atoms with E-state index in [1.54, 1.807) is 0 Å². The summed E-state index contributed by atoms with van der Waals surface area (Å²) in [5.74, 6) is -2.23. The van der Waals surface area contributed by atoms with Gasteiger partial charge in [0.15, 0.2) is 5.75 Å². The molecule has 55 heavy (non-hydrogen) atoms. The van der Waals surface area contributed by atoms with Gasteiger partial charge in [0.2, 0.25) is 23.1 Å². The van der Waals surface area contributed by atoms with Gasteiger partial charge in [0.25, 0.3) is 20.2 Å². The third kappa shape index (κ3) is 9.67. The van der Waals surface area contributed by atoms with Crippen molar-refractivity contribution < 1.29 is 54.5 Å². The van der Waals surface area contributed by atoms with E-state index in [1.165, 1.54) is 42.5 Å². The van der Waals surface area contributed by atoms with E-state index in [2.05, 4.69) is 60.5 Å². The van der Waals surface area contributed by atoms with E-state index in [0.29, 0.717) is 23.1 Å². The zero-order valence-electron chi connectivity index (χ0n) is 26.7. The number of phenolic OH excluding ortho intramolecular Hbond substituents is 1.